The Morgan fingerprint density at radius 1 is 0.977 bits per heavy atom. The fourth-order valence-corrected chi connectivity index (χ4v) is 3.30. The van der Waals surface area contributed by atoms with Crippen molar-refractivity contribution in [2.75, 3.05) is 13.2 Å². The maximum Gasteiger partial charge on any atom is 0.524 e. The number of aldehydes is 1. The highest BCUT2D eigenvalue weighted by Gasteiger charge is 2.46. The molecule has 2 aromatic rings. The molecule has 0 radical (unpaired) electrons. The molecule has 3 rings (SSSR count). The van der Waals surface area contributed by atoms with Gasteiger partial charge in [0.05, 0.1) is 23.4 Å². The van der Waals surface area contributed by atoms with Crippen molar-refractivity contribution in [3.05, 3.63) is 98.6 Å². The van der Waals surface area contributed by atoms with Crippen LogP contribution in [0.2, 0.25) is 0 Å². The molecule has 0 amide bonds. The fraction of sp³-hybridized carbons (Fsp3) is 0.286. The first-order valence-electron chi connectivity index (χ1n) is 12.5. The minimum Gasteiger partial charge on any atom is -0.461 e. The van der Waals surface area contributed by atoms with Gasteiger partial charge in [-0.1, -0.05) is 12.1 Å². The number of non-ortho nitro benzene ring substituents is 2. The number of Topliss-reactive ketones (excluding diaryl/α,β-unsaturated/α-hetero) is 2. The molecule has 0 aromatic heterocycles. The summed E-state index contributed by atoms with van der Waals surface area (Å²) in [7, 11) is 0. The van der Waals surface area contributed by atoms with Crippen molar-refractivity contribution >= 4 is 41.2 Å². The second-order valence-electron chi connectivity index (χ2n) is 8.46. The smallest absolute Gasteiger partial charge is 0.461 e. The summed E-state index contributed by atoms with van der Waals surface area (Å²) in [4.78, 5) is 73.6. The Balaban J connectivity index is 0.000000400. The normalized spacial score (nSPS) is 16.7. The van der Waals surface area contributed by atoms with E-state index in [0.29, 0.717) is 17.4 Å². The van der Waals surface area contributed by atoms with E-state index in [4.69, 9.17) is 9.47 Å². The van der Waals surface area contributed by atoms with Gasteiger partial charge in [0.15, 0.2) is 11.5 Å². The Bertz CT molecular complexity index is 1370. The summed E-state index contributed by atoms with van der Waals surface area (Å²) in [6, 6.07) is 11.1. The first-order valence-corrected chi connectivity index (χ1v) is 12.5. The van der Waals surface area contributed by atoms with E-state index in [0.717, 1.165) is 0 Å². The second-order valence-corrected chi connectivity index (χ2v) is 8.46. The maximum atomic E-state index is 12.0. The molecule has 43 heavy (non-hydrogen) atoms. The molecule has 15 nitrogen and oxygen atoms in total. The van der Waals surface area contributed by atoms with Gasteiger partial charge in [0.25, 0.3) is 11.4 Å². The lowest BCUT2D eigenvalue weighted by atomic mass is 9.88. The van der Waals surface area contributed by atoms with Gasteiger partial charge in [0.1, 0.15) is 12.9 Å². The van der Waals surface area contributed by atoms with Crippen molar-refractivity contribution in [2.24, 2.45) is 0 Å². The molecule has 228 valence electrons. The summed E-state index contributed by atoms with van der Waals surface area (Å²) in [6.07, 6.45) is 1.96. The van der Waals surface area contributed by atoms with Gasteiger partial charge in [0.2, 0.25) is 0 Å². The Labute approximate surface area is 245 Å². The van der Waals surface area contributed by atoms with Crippen LogP contribution >= 0.6 is 0 Å². The van der Waals surface area contributed by atoms with E-state index in [1.165, 1.54) is 61.5 Å². The largest absolute Gasteiger partial charge is 0.524 e. The summed E-state index contributed by atoms with van der Waals surface area (Å²) in [5, 5.41) is 31.3. The van der Waals surface area contributed by atoms with E-state index < -0.39 is 45.1 Å². The number of carbonyl (C=O) groups excluding carboxylic acids is 5. The number of nitro benzene ring substituents is 2. The molecule has 0 fully saturated rings. The van der Waals surface area contributed by atoms with E-state index in [1.807, 2.05) is 0 Å². The molecule has 1 heterocycles. The molecule has 2 atom stereocenters. The number of ketones is 2. The molecule has 1 aliphatic heterocycles. The number of aliphatic hydroxyl groups is 1. The van der Waals surface area contributed by atoms with E-state index in [9.17, 15) is 49.3 Å². The third-order valence-corrected chi connectivity index (χ3v) is 5.34. The zero-order valence-electron chi connectivity index (χ0n) is 23.4. The van der Waals surface area contributed by atoms with Crippen molar-refractivity contribution in [2.45, 2.75) is 38.9 Å². The standard InChI is InChI=1S/C16H17NO7.C7H5NO3.C5H7O3/c1-3-23-15(19)16(20)9-12(8-14(24-16)10(2)18)11-4-6-13(7-5-11)17(21)22;9-5-6-1-3-7(4-2-6)8(10)11;1-3-8-5(7)4(2)6/h4-8,12,20H,3,9H2,1-2H3;1-5H;2-3H2,1H3/q;;+1. The minimum absolute atomic E-state index is 0.00407. The number of esters is 2. The topological polar surface area (TPSA) is 220 Å². The summed E-state index contributed by atoms with van der Waals surface area (Å²) in [5.74, 6) is -6.07. The Morgan fingerprint density at radius 2 is 1.47 bits per heavy atom. The van der Waals surface area contributed by atoms with Crippen LogP contribution in [0, 0.1) is 27.2 Å². The van der Waals surface area contributed by atoms with Crippen molar-refractivity contribution in [3.8, 4) is 0 Å². The molecule has 1 N–H and O–H groups in total. The number of ether oxygens (including phenoxy) is 3. The third-order valence-electron chi connectivity index (χ3n) is 5.34. The molecule has 1 aliphatic rings. The van der Waals surface area contributed by atoms with Crippen molar-refractivity contribution in [1.29, 1.82) is 0 Å². The van der Waals surface area contributed by atoms with Crippen LogP contribution in [0.4, 0.5) is 11.4 Å². The van der Waals surface area contributed by atoms with E-state index in [2.05, 4.69) is 11.7 Å². The average Bonchev–Trinajstić information content (AvgIpc) is 2.97. The molecule has 0 bridgehead atoms. The zero-order valence-corrected chi connectivity index (χ0v) is 23.4. The highest BCUT2D eigenvalue weighted by molar-refractivity contribution is 6.35. The van der Waals surface area contributed by atoms with E-state index in [1.54, 1.807) is 13.8 Å². The van der Waals surface area contributed by atoms with Crippen LogP contribution in [-0.2, 0) is 33.4 Å². The van der Waals surface area contributed by atoms with Gasteiger partial charge in [-0.05, 0) is 37.6 Å². The predicted octanol–water partition coefficient (Wildman–Crippen LogP) is 3.18. The van der Waals surface area contributed by atoms with Crippen LogP contribution in [0.5, 0.6) is 0 Å². The van der Waals surface area contributed by atoms with Gasteiger partial charge in [0, 0.05) is 49.1 Å². The van der Waals surface area contributed by atoms with Crippen LogP contribution in [0.15, 0.2) is 60.4 Å². The highest BCUT2D eigenvalue weighted by Crippen LogP contribution is 2.37. The first kappa shape index (κ1) is 35.6. The SMILES string of the molecule is CCOC(=O)C1(O)CC(c2ccc([N+](=O)[O-])cc2)C=C(C(C)=O)O1.O=Cc1ccc([N+](=O)[O-])cc1.[CH2+]C(=O)C(=O)OCC. The van der Waals surface area contributed by atoms with Crippen LogP contribution in [0.1, 0.15) is 49.0 Å². The second kappa shape index (κ2) is 16.7. The number of hydrogen-bond acceptors (Lipinski definition) is 13. The van der Waals surface area contributed by atoms with Crippen molar-refractivity contribution in [3.63, 3.8) is 0 Å². The number of allylic oxidation sites excluding steroid dienone is 2. The molecule has 2 aromatic carbocycles. The Morgan fingerprint density at radius 3 is 1.84 bits per heavy atom. The number of nitrogens with zero attached hydrogens (tertiary/aromatic N) is 2. The lowest BCUT2D eigenvalue weighted by Crippen LogP contribution is -2.46. The monoisotopic (exact) mass is 601 g/mol. The van der Waals surface area contributed by atoms with Crippen molar-refractivity contribution < 1.29 is 53.1 Å². The van der Waals surface area contributed by atoms with Gasteiger partial charge in [-0.2, -0.15) is 0 Å². The average molecular weight is 602 g/mol. The molecule has 0 spiro atoms. The molecular formula is C28H29N2O13+. The Hall–Kier alpha value is -5.44. The summed E-state index contributed by atoms with van der Waals surface area (Å²) < 4.78 is 14.2. The summed E-state index contributed by atoms with van der Waals surface area (Å²) in [6.45, 7) is 7.57. The predicted molar refractivity (Wildman–Crippen MR) is 147 cm³/mol. The lowest BCUT2D eigenvalue weighted by molar-refractivity contribution is -0.385. The zero-order chi connectivity index (χ0) is 32.7. The van der Waals surface area contributed by atoms with Gasteiger partial charge in [-0.15, -0.1) is 4.79 Å². The number of nitro groups is 2. The van der Waals surface area contributed by atoms with E-state index in [-0.39, 0.29) is 36.8 Å². The maximum absolute atomic E-state index is 12.0. The molecular weight excluding hydrogens is 572 g/mol. The number of rotatable bonds is 9. The number of hydrogen-bond donors (Lipinski definition) is 1. The number of carbonyl (C=O) groups is 5. The van der Waals surface area contributed by atoms with Crippen LogP contribution in [0.25, 0.3) is 0 Å². The fourth-order valence-electron chi connectivity index (χ4n) is 3.30. The molecule has 15 heteroatoms. The molecule has 0 saturated carbocycles. The van der Waals surface area contributed by atoms with Gasteiger partial charge < -0.3 is 19.3 Å². The minimum atomic E-state index is -2.28. The summed E-state index contributed by atoms with van der Waals surface area (Å²) >= 11 is 0. The number of benzene rings is 2. The van der Waals surface area contributed by atoms with E-state index >= 15 is 0 Å². The Kier molecular flexibility index (Phi) is 13.8. The summed E-state index contributed by atoms with van der Waals surface area (Å²) in [5.41, 5.74) is 0.957. The third kappa shape index (κ3) is 11.2. The highest BCUT2D eigenvalue weighted by atomic mass is 16.7. The lowest BCUT2D eigenvalue weighted by Gasteiger charge is -2.34. The van der Waals surface area contributed by atoms with Gasteiger partial charge in [-0.25, -0.2) is 9.59 Å². The first-order chi connectivity index (χ1) is 20.2. The molecule has 0 saturated heterocycles. The van der Waals surface area contributed by atoms with Gasteiger partial charge >= 0.3 is 23.5 Å². The van der Waals surface area contributed by atoms with Crippen molar-refractivity contribution in [1.82, 2.24) is 0 Å². The quantitative estimate of drug-likeness (QED) is 0.109. The van der Waals surface area contributed by atoms with Crippen LogP contribution in [0.3, 0.4) is 0 Å². The molecule has 0 aliphatic carbocycles. The van der Waals surface area contributed by atoms with Crippen LogP contribution < -0.4 is 0 Å². The van der Waals surface area contributed by atoms with Gasteiger partial charge in [-0.3, -0.25) is 29.8 Å². The van der Waals surface area contributed by atoms with Crippen LogP contribution in [-0.4, -0.2) is 63.7 Å². The molecule has 2 unspecified atom stereocenters.